The van der Waals surface area contributed by atoms with Crippen molar-refractivity contribution in [3.8, 4) is 5.69 Å². The highest BCUT2D eigenvalue weighted by molar-refractivity contribution is 5.75. The summed E-state index contributed by atoms with van der Waals surface area (Å²) in [4.78, 5) is 15.9. The molecular formula is C18H24N4O2. The molecule has 1 atom stereocenters. The summed E-state index contributed by atoms with van der Waals surface area (Å²) in [5.74, 6) is 0.104. The second-order valence-electron chi connectivity index (χ2n) is 6.16. The lowest BCUT2D eigenvalue weighted by Crippen LogP contribution is -2.37. The lowest BCUT2D eigenvalue weighted by atomic mass is 10.1. The van der Waals surface area contributed by atoms with E-state index in [1.54, 1.807) is 11.1 Å². The van der Waals surface area contributed by atoms with Crippen LogP contribution in [0.5, 0.6) is 0 Å². The zero-order valence-corrected chi connectivity index (χ0v) is 14.0. The number of amides is 1. The zero-order chi connectivity index (χ0) is 16.9. The summed E-state index contributed by atoms with van der Waals surface area (Å²) in [5, 5.41) is 14.6. The summed E-state index contributed by atoms with van der Waals surface area (Å²) in [6.45, 7) is 4.99. The number of carbonyl (C=O) groups excluding carboxylic acids is 1. The van der Waals surface area contributed by atoms with Gasteiger partial charge in [0.25, 0.3) is 0 Å². The van der Waals surface area contributed by atoms with E-state index in [1.165, 1.54) is 0 Å². The van der Waals surface area contributed by atoms with Gasteiger partial charge in [-0.3, -0.25) is 9.69 Å². The standard InChI is InChI=1S/C18H24N4O2/c1-2-18(24)21-11-10-20(13-16(23)14-21)12-15-6-3-4-7-17(15)22-9-5-8-19-22/h3-9,16,23H,2,10-14H2,1H3. The van der Waals surface area contributed by atoms with Gasteiger partial charge in [0.15, 0.2) is 0 Å². The molecule has 0 aliphatic carbocycles. The predicted octanol–water partition coefficient (Wildman–Crippen LogP) is 1.29. The van der Waals surface area contributed by atoms with Crippen molar-refractivity contribution in [1.82, 2.24) is 19.6 Å². The molecule has 1 aromatic carbocycles. The topological polar surface area (TPSA) is 61.6 Å². The third-order valence-electron chi connectivity index (χ3n) is 4.38. The lowest BCUT2D eigenvalue weighted by molar-refractivity contribution is -0.131. The van der Waals surface area contributed by atoms with Crippen LogP contribution in [0.2, 0.25) is 0 Å². The Balaban J connectivity index is 1.74. The SMILES string of the molecule is CCC(=O)N1CCN(Cc2ccccc2-n2cccn2)CC(O)C1. The molecule has 2 heterocycles. The fourth-order valence-electron chi connectivity index (χ4n) is 3.17. The van der Waals surface area contributed by atoms with E-state index in [2.05, 4.69) is 16.1 Å². The first-order valence-corrected chi connectivity index (χ1v) is 8.43. The van der Waals surface area contributed by atoms with Crippen LogP contribution in [0.1, 0.15) is 18.9 Å². The molecule has 24 heavy (non-hydrogen) atoms. The van der Waals surface area contributed by atoms with Crippen molar-refractivity contribution in [2.24, 2.45) is 0 Å². The average Bonchev–Trinajstić information content (AvgIpc) is 3.05. The maximum absolute atomic E-state index is 11.9. The number of β-amino-alcohol motifs (C(OH)–C–C–N with tert-alkyl or cyclic N) is 1. The number of carbonyl (C=O) groups is 1. The molecule has 1 aliphatic heterocycles. The summed E-state index contributed by atoms with van der Waals surface area (Å²) in [6, 6.07) is 10.1. The van der Waals surface area contributed by atoms with Gasteiger partial charge in [0.05, 0.1) is 11.8 Å². The number of nitrogens with zero attached hydrogens (tertiary/aromatic N) is 4. The van der Waals surface area contributed by atoms with Crippen LogP contribution in [0.15, 0.2) is 42.7 Å². The first-order chi connectivity index (χ1) is 11.7. The highest BCUT2D eigenvalue weighted by atomic mass is 16.3. The van der Waals surface area contributed by atoms with E-state index in [4.69, 9.17) is 0 Å². The maximum Gasteiger partial charge on any atom is 0.222 e. The van der Waals surface area contributed by atoms with Crippen LogP contribution < -0.4 is 0 Å². The van der Waals surface area contributed by atoms with E-state index in [1.807, 2.05) is 42.1 Å². The van der Waals surface area contributed by atoms with Crippen LogP contribution in [-0.2, 0) is 11.3 Å². The number of hydrogen-bond acceptors (Lipinski definition) is 4. The number of aliphatic hydroxyl groups excluding tert-OH is 1. The van der Waals surface area contributed by atoms with Gasteiger partial charge in [-0.15, -0.1) is 0 Å². The molecule has 6 nitrogen and oxygen atoms in total. The predicted molar refractivity (Wildman–Crippen MR) is 91.7 cm³/mol. The van der Waals surface area contributed by atoms with Gasteiger partial charge in [0.2, 0.25) is 5.91 Å². The Hall–Kier alpha value is -2.18. The van der Waals surface area contributed by atoms with Gasteiger partial charge in [0.1, 0.15) is 0 Å². The number of aromatic nitrogens is 2. The molecule has 1 aromatic heterocycles. The Labute approximate surface area is 142 Å². The monoisotopic (exact) mass is 328 g/mol. The first kappa shape index (κ1) is 16.7. The van der Waals surface area contributed by atoms with Crippen molar-refractivity contribution < 1.29 is 9.90 Å². The van der Waals surface area contributed by atoms with E-state index in [9.17, 15) is 9.90 Å². The quantitative estimate of drug-likeness (QED) is 0.919. The van der Waals surface area contributed by atoms with Crippen LogP contribution in [0.3, 0.4) is 0 Å². The van der Waals surface area contributed by atoms with Gasteiger partial charge in [-0.2, -0.15) is 5.10 Å². The van der Waals surface area contributed by atoms with Crippen molar-refractivity contribution in [3.63, 3.8) is 0 Å². The van der Waals surface area contributed by atoms with E-state index in [0.717, 1.165) is 24.3 Å². The van der Waals surface area contributed by atoms with Crippen LogP contribution >= 0.6 is 0 Å². The summed E-state index contributed by atoms with van der Waals surface area (Å²) >= 11 is 0. The molecule has 1 N–H and O–H groups in total. The lowest BCUT2D eigenvalue weighted by Gasteiger charge is -2.22. The van der Waals surface area contributed by atoms with Gasteiger partial charge < -0.3 is 10.0 Å². The molecular weight excluding hydrogens is 304 g/mol. The normalized spacial score (nSPS) is 19.2. The van der Waals surface area contributed by atoms with Gasteiger partial charge in [-0.1, -0.05) is 25.1 Å². The van der Waals surface area contributed by atoms with Gasteiger partial charge in [-0.05, 0) is 17.7 Å². The number of hydrogen-bond donors (Lipinski definition) is 1. The van der Waals surface area contributed by atoms with Crippen molar-refractivity contribution >= 4 is 5.91 Å². The summed E-state index contributed by atoms with van der Waals surface area (Å²) in [7, 11) is 0. The van der Waals surface area contributed by atoms with Crippen LogP contribution in [0, 0.1) is 0 Å². The van der Waals surface area contributed by atoms with Gasteiger partial charge >= 0.3 is 0 Å². The van der Waals surface area contributed by atoms with E-state index >= 15 is 0 Å². The second kappa shape index (κ2) is 7.59. The number of aliphatic hydroxyl groups is 1. The second-order valence-corrected chi connectivity index (χ2v) is 6.16. The van der Waals surface area contributed by atoms with E-state index in [-0.39, 0.29) is 5.91 Å². The van der Waals surface area contributed by atoms with E-state index < -0.39 is 6.10 Å². The van der Waals surface area contributed by atoms with Gasteiger partial charge in [-0.25, -0.2) is 4.68 Å². The minimum Gasteiger partial charge on any atom is -0.390 e. The van der Waals surface area contributed by atoms with Crippen molar-refractivity contribution in [2.75, 3.05) is 26.2 Å². The fraction of sp³-hybridized carbons (Fsp3) is 0.444. The van der Waals surface area contributed by atoms with Crippen LogP contribution in [0.4, 0.5) is 0 Å². The molecule has 6 heteroatoms. The summed E-state index contributed by atoms with van der Waals surface area (Å²) in [6.07, 6.45) is 3.66. The average molecular weight is 328 g/mol. The molecule has 3 rings (SSSR count). The summed E-state index contributed by atoms with van der Waals surface area (Å²) in [5.41, 5.74) is 2.20. The molecule has 2 aromatic rings. The third kappa shape index (κ3) is 3.83. The molecule has 0 radical (unpaired) electrons. The number of para-hydroxylation sites is 1. The maximum atomic E-state index is 11.9. The molecule has 128 valence electrons. The Bertz CT molecular complexity index is 671. The van der Waals surface area contributed by atoms with Gasteiger partial charge in [0, 0.05) is 51.5 Å². The highest BCUT2D eigenvalue weighted by Crippen LogP contribution is 2.17. The Kier molecular flexibility index (Phi) is 5.27. The molecule has 1 fully saturated rings. The van der Waals surface area contributed by atoms with Crippen molar-refractivity contribution in [2.45, 2.75) is 26.0 Å². The Morgan fingerprint density at radius 1 is 1.25 bits per heavy atom. The van der Waals surface area contributed by atoms with Crippen molar-refractivity contribution in [1.29, 1.82) is 0 Å². The molecule has 0 spiro atoms. The molecule has 0 saturated carbocycles. The summed E-state index contributed by atoms with van der Waals surface area (Å²) < 4.78 is 1.86. The largest absolute Gasteiger partial charge is 0.390 e. The molecule has 0 bridgehead atoms. The highest BCUT2D eigenvalue weighted by Gasteiger charge is 2.24. The molecule has 1 amide bonds. The van der Waals surface area contributed by atoms with Crippen LogP contribution in [0.25, 0.3) is 5.69 Å². The molecule has 1 unspecified atom stereocenters. The molecule has 1 saturated heterocycles. The number of rotatable bonds is 4. The Morgan fingerprint density at radius 2 is 2.08 bits per heavy atom. The minimum atomic E-state index is -0.514. The smallest absolute Gasteiger partial charge is 0.222 e. The first-order valence-electron chi connectivity index (χ1n) is 8.43. The van der Waals surface area contributed by atoms with Crippen molar-refractivity contribution in [3.05, 3.63) is 48.3 Å². The Morgan fingerprint density at radius 3 is 2.83 bits per heavy atom. The zero-order valence-electron chi connectivity index (χ0n) is 14.0. The van der Waals surface area contributed by atoms with E-state index in [0.29, 0.717) is 26.1 Å². The third-order valence-corrected chi connectivity index (χ3v) is 4.38. The number of benzene rings is 1. The van der Waals surface area contributed by atoms with Crippen LogP contribution in [-0.4, -0.2) is 62.9 Å². The minimum absolute atomic E-state index is 0.104. The fourth-order valence-corrected chi connectivity index (χ4v) is 3.17. The molecule has 1 aliphatic rings.